The Hall–Kier alpha value is -2.73. The average molecular weight is 372 g/mol. The predicted molar refractivity (Wildman–Crippen MR) is 87.9 cm³/mol. The third-order valence-electron chi connectivity index (χ3n) is 3.41. The van der Waals surface area contributed by atoms with E-state index in [0.717, 1.165) is 12.8 Å². The van der Waals surface area contributed by atoms with Gasteiger partial charge in [-0.25, -0.2) is 4.79 Å². The van der Waals surface area contributed by atoms with E-state index in [1.807, 2.05) is 0 Å². The monoisotopic (exact) mass is 372 g/mol. The van der Waals surface area contributed by atoms with Gasteiger partial charge in [0, 0.05) is 6.42 Å². The van der Waals surface area contributed by atoms with Gasteiger partial charge in [-0.3, -0.25) is 9.59 Å². The lowest BCUT2D eigenvalue weighted by Crippen LogP contribution is -2.40. The van der Waals surface area contributed by atoms with Crippen molar-refractivity contribution in [3.8, 4) is 0 Å². The Morgan fingerprint density at radius 3 is 2.50 bits per heavy atom. The molecule has 0 aromatic carbocycles. The van der Waals surface area contributed by atoms with E-state index in [9.17, 15) is 14.4 Å². The van der Waals surface area contributed by atoms with Gasteiger partial charge in [0.2, 0.25) is 5.89 Å². The standard InChI is InChI=1S/C14H24N6O6/c15-6-2-1-3-8(16)12-19-13(26-20-12)9(4-5-10(21)22)18-14(25)17-7-11(23)24/h8-9H,1-7,15-16H2,(H,21,22)(H,23,24)(H2,17,18,25)/t8-,9-/m0/s1. The quantitative estimate of drug-likeness (QED) is 0.259. The summed E-state index contributed by atoms with van der Waals surface area (Å²) in [6.07, 6.45) is 1.93. The highest BCUT2D eigenvalue weighted by atomic mass is 16.5. The number of carbonyl (C=O) groups excluding carboxylic acids is 1. The fourth-order valence-corrected chi connectivity index (χ4v) is 2.07. The summed E-state index contributed by atoms with van der Waals surface area (Å²) in [5, 5.41) is 25.7. The van der Waals surface area contributed by atoms with Crippen LogP contribution in [0.3, 0.4) is 0 Å². The summed E-state index contributed by atoms with van der Waals surface area (Å²) >= 11 is 0. The van der Waals surface area contributed by atoms with Crippen molar-refractivity contribution in [3.63, 3.8) is 0 Å². The minimum Gasteiger partial charge on any atom is -0.481 e. The summed E-state index contributed by atoms with van der Waals surface area (Å²) in [6.45, 7) is -0.0323. The van der Waals surface area contributed by atoms with Gasteiger partial charge < -0.3 is 36.8 Å². The molecule has 0 aliphatic carbocycles. The van der Waals surface area contributed by atoms with Gasteiger partial charge >= 0.3 is 18.0 Å². The van der Waals surface area contributed by atoms with Gasteiger partial charge in [0.25, 0.3) is 0 Å². The Kier molecular flexibility index (Phi) is 9.01. The van der Waals surface area contributed by atoms with E-state index in [4.69, 9.17) is 26.2 Å². The van der Waals surface area contributed by atoms with Crippen molar-refractivity contribution in [2.24, 2.45) is 11.5 Å². The summed E-state index contributed by atoms with van der Waals surface area (Å²) in [5.74, 6) is -2.04. The van der Waals surface area contributed by atoms with E-state index in [2.05, 4.69) is 20.8 Å². The van der Waals surface area contributed by atoms with E-state index < -0.39 is 36.6 Å². The predicted octanol–water partition coefficient (Wildman–Crippen LogP) is -0.512. The Balaban J connectivity index is 2.75. The van der Waals surface area contributed by atoms with Gasteiger partial charge in [0.05, 0.1) is 6.04 Å². The fourth-order valence-electron chi connectivity index (χ4n) is 2.07. The molecule has 1 heterocycles. The normalized spacial score (nSPS) is 13.0. The van der Waals surface area contributed by atoms with Crippen molar-refractivity contribution in [3.05, 3.63) is 11.7 Å². The van der Waals surface area contributed by atoms with Crippen molar-refractivity contribution in [2.75, 3.05) is 13.1 Å². The number of hydrogen-bond donors (Lipinski definition) is 6. The highest BCUT2D eigenvalue weighted by Gasteiger charge is 2.24. The molecule has 0 saturated heterocycles. The molecule has 1 aromatic heterocycles. The minimum atomic E-state index is -1.22. The molecule has 0 aliphatic rings. The summed E-state index contributed by atoms with van der Waals surface area (Å²) in [6, 6.07) is -2.16. The number of nitrogens with one attached hydrogen (secondary N) is 2. The van der Waals surface area contributed by atoms with E-state index in [1.54, 1.807) is 0 Å². The summed E-state index contributed by atoms with van der Waals surface area (Å²) < 4.78 is 5.10. The summed E-state index contributed by atoms with van der Waals surface area (Å²) in [4.78, 5) is 37.1. The van der Waals surface area contributed by atoms with Gasteiger partial charge in [-0.15, -0.1) is 0 Å². The maximum atomic E-state index is 11.7. The first-order valence-electron chi connectivity index (χ1n) is 8.10. The van der Waals surface area contributed by atoms with Gasteiger partial charge in [-0.2, -0.15) is 4.98 Å². The third kappa shape index (κ3) is 7.90. The zero-order valence-corrected chi connectivity index (χ0v) is 14.2. The number of carboxylic acid groups (broad SMARTS) is 2. The molecule has 0 bridgehead atoms. The van der Waals surface area contributed by atoms with Crippen LogP contribution in [0.4, 0.5) is 4.79 Å². The number of amides is 2. The lowest BCUT2D eigenvalue weighted by atomic mass is 10.1. The smallest absolute Gasteiger partial charge is 0.323 e. The molecule has 0 aliphatic heterocycles. The fraction of sp³-hybridized carbons (Fsp3) is 0.643. The number of hydrogen-bond acceptors (Lipinski definition) is 8. The molecule has 26 heavy (non-hydrogen) atoms. The third-order valence-corrected chi connectivity index (χ3v) is 3.41. The molecule has 0 fully saturated rings. The van der Waals surface area contributed by atoms with Crippen molar-refractivity contribution >= 4 is 18.0 Å². The largest absolute Gasteiger partial charge is 0.481 e. The molecule has 0 radical (unpaired) electrons. The SMILES string of the molecule is NCCCC[C@H](N)c1noc([C@H](CCC(=O)O)NC(=O)NCC(=O)O)n1. The van der Waals surface area contributed by atoms with E-state index in [-0.39, 0.29) is 24.6 Å². The van der Waals surface area contributed by atoms with Crippen LogP contribution < -0.4 is 22.1 Å². The molecular weight excluding hydrogens is 348 g/mol. The molecule has 146 valence electrons. The van der Waals surface area contributed by atoms with Crippen LogP contribution in [0, 0.1) is 0 Å². The lowest BCUT2D eigenvalue weighted by molar-refractivity contribution is -0.137. The van der Waals surface area contributed by atoms with Gasteiger partial charge in [-0.05, 0) is 25.8 Å². The second-order valence-electron chi connectivity index (χ2n) is 5.59. The highest BCUT2D eigenvalue weighted by Crippen LogP contribution is 2.20. The van der Waals surface area contributed by atoms with Gasteiger partial charge in [0.15, 0.2) is 5.82 Å². The van der Waals surface area contributed by atoms with E-state index >= 15 is 0 Å². The minimum absolute atomic E-state index is 0.000926. The maximum Gasteiger partial charge on any atom is 0.323 e. The number of nitrogens with zero attached hydrogens (tertiary/aromatic N) is 2. The van der Waals surface area contributed by atoms with Crippen molar-refractivity contribution < 1.29 is 29.1 Å². The molecule has 2 atom stereocenters. The van der Waals surface area contributed by atoms with Crippen molar-refractivity contribution in [1.29, 1.82) is 0 Å². The molecule has 0 saturated carbocycles. The number of carbonyl (C=O) groups is 3. The Morgan fingerprint density at radius 1 is 1.15 bits per heavy atom. The second kappa shape index (κ2) is 11.0. The highest BCUT2D eigenvalue weighted by molar-refractivity contribution is 5.80. The molecule has 8 N–H and O–H groups in total. The molecule has 1 rings (SSSR count). The van der Waals surface area contributed by atoms with Gasteiger partial charge in [0.1, 0.15) is 12.6 Å². The first kappa shape index (κ1) is 21.3. The van der Waals surface area contributed by atoms with Crippen LogP contribution in [0.25, 0.3) is 0 Å². The lowest BCUT2D eigenvalue weighted by Gasteiger charge is -2.14. The van der Waals surface area contributed by atoms with Crippen LogP contribution in [0.1, 0.15) is 55.9 Å². The van der Waals surface area contributed by atoms with Crippen LogP contribution in [0.5, 0.6) is 0 Å². The molecular formula is C14H24N6O6. The second-order valence-corrected chi connectivity index (χ2v) is 5.59. The van der Waals surface area contributed by atoms with Crippen molar-refractivity contribution in [1.82, 2.24) is 20.8 Å². The number of rotatable bonds is 12. The number of aromatic nitrogens is 2. The van der Waals surface area contributed by atoms with Crippen LogP contribution in [-0.2, 0) is 9.59 Å². The topological polar surface area (TPSA) is 207 Å². The number of carboxylic acids is 2. The zero-order chi connectivity index (χ0) is 19.5. The Morgan fingerprint density at radius 2 is 1.88 bits per heavy atom. The number of aliphatic carboxylic acids is 2. The summed E-state index contributed by atoms with van der Waals surface area (Å²) in [7, 11) is 0. The first-order valence-corrected chi connectivity index (χ1v) is 8.10. The van der Waals surface area contributed by atoms with E-state index in [1.165, 1.54) is 0 Å². The van der Waals surface area contributed by atoms with Crippen LogP contribution >= 0.6 is 0 Å². The molecule has 2 amide bonds. The number of unbranched alkanes of at least 4 members (excludes halogenated alkanes) is 1. The molecule has 1 aromatic rings. The Bertz CT molecular complexity index is 607. The molecule has 12 nitrogen and oxygen atoms in total. The first-order chi connectivity index (χ1) is 12.3. The van der Waals surface area contributed by atoms with Gasteiger partial charge in [-0.1, -0.05) is 11.6 Å². The van der Waals surface area contributed by atoms with Crippen LogP contribution in [0.2, 0.25) is 0 Å². The summed E-state index contributed by atoms with van der Waals surface area (Å²) in [5.41, 5.74) is 11.4. The van der Waals surface area contributed by atoms with Crippen molar-refractivity contribution in [2.45, 2.75) is 44.2 Å². The molecule has 0 unspecified atom stereocenters. The van der Waals surface area contributed by atoms with E-state index in [0.29, 0.717) is 13.0 Å². The Labute approximate surface area is 149 Å². The average Bonchev–Trinajstić information content (AvgIpc) is 3.06. The zero-order valence-electron chi connectivity index (χ0n) is 14.2. The number of urea groups is 1. The maximum absolute atomic E-state index is 11.7. The molecule has 12 heteroatoms. The van der Waals surface area contributed by atoms with Crippen LogP contribution in [-0.4, -0.2) is 51.4 Å². The van der Waals surface area contributed by atoms with Crippen LogP contribution in [0.15, 0.2) is 4.52 Å². The molecule has 0 spiro atoms. The number of nitrogens with two attached hydrogens (primary N) is 2.